The normalized spacial score (nSPS) is 15.0. The van der Waals surface area contributed by atoms with E-state index in [2.05, 4.69) is 4.98 Å². The Morgan fingerprint density at radius 3 is 2.42 bits per heavy atom. The van der Waals surface area contributed by atoms with Gasteiger partial charge in [0.1, 0.15) is 16.4 Å². The predicted octanol–water partition coefficient (Wildman–Crippen LogP) is 3.54. The predicted molar refractivity (Wildman–Crippen MR) is 122 cm³/mol. The highest BCUT2D eigenvalue weighted by atomic mass is 32.2. The highest BCUT2D eigenvalue weighted by molar-refractivity contribution is 7.89. The number of thiazole rings is 1. The lowest BCUT2D eigenvalue weighted by molar-refractivity contribution is 0.370. The number of ether oxygens (including phenoxy) is 2. The van der Waals surface area contributed by atoms with Gasteiger partial charge in [-0.3, -0.25) is 0 Å². The van der Waals surface area contributed by atoms with Crippen molar-refractivity contribution in [1.82, 2.24) is 9.29 Å². The van der Waals surface area contributed by atoms with Crippen LogP contribution in [0.25, 0.3) is 0 Å². The first-order chi connectivity index (χ1) is 15.8. The lowest BCUT2D eigenvalue weighted by Gasteiger charge is -2.34. The van der Waals surface area contributed by atoms with E-state index in [1.807, 2.05) is 10.3 Å². The highest BCUT2D eigenvalue weighted by Gasteiger charge is 2.32. The van der Waals surface area contributed by atoms with Gasteiger partial charge in [-0.25, -0.2) is 22.2 Å². The van der Waals surface area contributed by atoms with E-state index in [9.17, 15) is 17.2 Å². The summed E-state index contributed by atoms with van der Waals surface area (Å²) >= 11 is 1.44. The van der Waals surface area contributed by atoms with Crippen LogP contribution in [0.15, 0.2) is 46.7 Å². The minimum absolute atomic E-state index is 0.0702. The monoisotopic (exact) mass is 495 g/mol. The molecule has 11 heteroatoms. The van der Waals surface area contributed by atoms with Gasteiger partial charge in [-0.15, -0.1) is 11.3 Å². The van der Waals surface area contributed by atoms with E-state index in [1.54, 1.807) is 12.1 Å². The zero-order chi connectivity index (χ0) is 23.6. The molecule has 2 heterocycles. The van der Waals surface area contributed by atoms with Gasteiger partial charge in [0, 0.05) is 44.0 Å². The van der Waals surface area contributed by atoms with Gasteiger partial charge >= 0.3 is 0 Å². The van der Waals surface area contributed by atoms with Crippen molar-refractivity contribution in [3.05, 3.63) is 64.7 Å². The van der Waals surface area contributed by atoms with Crippen molar-refractivity contribution in [3.8, 4) is 11.5 Å². The number of piperazine rings is 1. The Bertz CT molecular complexity index is 1240. The Labute approximate surface area is 195 Å². The van der Waals surface area contributed by atoms with Gasteiger partial charge in [0.05, 0.1) is 19.9 Å². The smallest absolute Gasteiger partial charge is 0.247 e. The fourth-order valence-electron chi connectivity index (χ4n) is 3.63. The number of hydrogen-bond acceptors (Lipinski definition) is 7. The third-order valence-electron chi connectivity index (χ3n) is 5.41. The maximum absolute atomic E-state index is 13.5. The molecule has 2 aromatic carbocycles. The van der Waals surface area contributed by atoms with Gasteiger partial charge in [-0.1, -0.05) is 6.07 Å². The third-order valence-corrected chi connectivity index (χ3v) is 8.28. The largest absolute Gasteiger partial charge is 0.497 e. The van der Waals surface area contributed by atoms with Crippen molar-refractivity contribution in [2.75, 3.05) is 45.3 Å². The number of sulfonamides is 1. The lowest BCUT2D eigenvalue weighted by atomic mass is 10.1. The summed E-state index contributed by atoms with van der Waals surface area (Å²) in [5.74, 6) is -1.06. The summed E-state index contributed by atoms with van der Waals surface area (Å²) in [6.07, 6.45) is 0.387. The molecule has 0 bridgehead atoms. The van der Waals surface area contributed by atoms with Crippen molar-refractivity contribution in [2.45, 2.75) is 11.3 Å². The molecular weight excluding hydrogens is 472 g/mol. The zero-order valence-corrected chi connectivity index (χ0v) is 19.8. The Kier molecular flexibility index (Phi) is 6.82. The second-order valence-electron chi connectivity index (χ2n) is 7.45. The highest BCUT2D eigenvalue weighted by Crippen LogP contribution is 2.32. The van der Waals surface area contributed by atoms with Crippen LogP contribution in [0.1, 0.15) is 11.3 Å². The minimum Gasteiger partial charge on any atom is -0.497 e. The van der Waals surface area contributed by atoms with E-state index in [0.29, 0.717) is 43.9 Å². The number of methoxy groups -OCH3 is 2. The number of benzene rings is 2. The lowest BCUT2D eigenvalue weighted by Crippen LogP contribution is -2.48. The first kappa shape index (κ1) is 23.4. The number of hydrogen-bond donors (Lipinski definition) is 0. The molecule has 0 aliphatic carbocycles. The molecule has 0 spiro atoms. The molecule has 1 aliphatic heterocycles. The first-order valence-electron chi connectivity index (χ1n) is 10.2. The summed E-state index contributed by atoms with van der Waals surface area (Å²) in [4.78, 5) is 6.69. The molecule has 0 N–H and O–H groups in total. The molecule has 0 saturated carbocycles. The second kappa shape index (κ2) is 9.62. The molecule has 1 aromatic heterocycles. The number of nitrogens with zero attached hydrogens (tertiary/aromatic N) is 3. The summed E-state index contributed by atoms with van der Waals surface area (Å²) < 4.78 is 64.9. The molecular formula is C22H23F2N3O4S2. The fraction of sp³-hybridized carbons (Fsp3) is 0.318. The Morgan fingerprint density at radius 2 is 1.76 bits per heavy atom. The molecule has 176 valence electrons. The van der Waals surface area contributed by atoms with Gasteiger partial charge < -0.3 is 14.4 Å². The zero-order valence-electron chi connectivity index (χ0n) is 18.1. The molecule has 0 atom stereocenters. The van der Waals surface area contributed by atoms with Crippen LogP contribution in [-0.2, 0) is 16.4 Å². The molecule has 1 fully saturated rings. The van der Waals surface area contributed by atoms with Crippen molar-refractivity contribution >= 4 is 26.5 Å². The van der Waals surface area contributed by atoms with Gasteiger partial charge in [-0.05, 0) is 29.8 Å². The minimum atomic E-state index is -3.77. The quantitative estimate of drug-likeness (QED) is 0.499. The molecule has 1 saturated heterocycles. The van der Waals surface area contributed by atoms with Crippen LogP contribution in [0.4, 0.5) is 13.9 Å². The standard InChI is InChI=1S/C22H23F2N3O4S2/c1-30-17-4-6-20(31-2)21(13-17)33(28,29)27-9-7-26(8-10-27)22-25-16(14-32-22)11-15-3-5-18(23)19(24)12-15/h3-6,12-14H,7-11H2,1-2H3. The van der Waals surface area contributed by atoms with Crippen molar-refractivity contribution in [2.24, 2.45) is 0 Å². The maximum Gasteiger partial charge on any atom is 0.247 e. The average molecular weight is 496 g/mol. The van der Waals surface area contributed by atoms with Crippen LogP contribution >= 0.6 is 11.3 Å². The Balaban J connectivity index is 1.43. The van der Waals surface area contributed by atoms with E-state index < -0.39 is 21.7 Å². The average Bonchev–Trinajstić information content (AvgIpc) is 3.29. The van der Waals surface area contributed by atoms with Gasteiger partial charge in [0.2, 0.25) is 10.0 Å². The molecule has 1 aliphatic rings. The third kappa shape index (κ3) is 4.94. The van der Waals surface area contributed by atoms with Gasteiger partial charge in [-0.2, -0.15) is 4.31 Å². The second-order valence-corrected chi connectivity index (χ2v) is 10.2. The summed E-state index contributed by atoms with van der Waals surface area (Å²) in [7, 11) is -0.860. The van der Waals surface area contributed by atoms with Crippen LogP contribution in [0.5, 0.6) is 11.5 Å². The van der Waals surface area contributed by atoms with Crippen LogP contribution in [0.2, 0.25) is 0 Å². The maximum atomic E-state index is 13.5. The summed E-state index contributed by atoms with van der Waals surface area (Å²) in [6.45, 7) is 1.54. The van der Waals surface area contributed by atoms with Crippen LogP contribution in [0.3, 0.4) is 0 Å². The van der Waals surface area contributed by atoms with E-state index in [0.717, 1.165) is 16.9 Å². The molecule has 0 unspecified atom stereocenters. The summed E-state index contributed by atoms with van der Waals surface area (Å²) in [5.41, 5.74) is 1.38. The SMILES string of the molecule is COc1ccc(OC)c(S(=O)(=O)N2CCN(c3nc(Cc4ccc(F)c(F)c4)cs3)CC2)c1. The van der Waals surface area contributed by atoms with E-state index >= 15 is 0 Å². The fourth-order valence-corrected chi connectivity index (χ4v) is 6.10. The molecule has 33 heavy (non-hydrogen) atoms. The number of halogens is 2. The molecule has 0 amide bonds. The molecule has 3 aromatic rings. The number of anilines is 1. The first-order valence-corrected chi connectivity index (χ1v) is 12.5. The Hall–Kier alpha value is -2.76. The summed E-state index contributed by atoms with van der Waals surface area (Å²) in [6, 6.07) is 8.50. The topological polar surface area (TPSA) is 72.0 Å². The molecule has 0 radical (unpaired) electrons. The van der Waals surface area contributed by atoms with Gasteiger partial charge in [0.25, 0.3) is 0 Å². The van der Waals surface area contributed by atoms with E-state index in [4.69, 9.17) is 9.47 Å². The molecule has 7 nitrogen and oxygen atoms in total. The van der Waals surface area contributed by atoms with Crippen LogP contribution < -0.4 is 14.4 Å². The van der Waals surface area contributed by atoms with Crippen molar-refractivity contribution in [1.29, 1.82) is 0 Å². The van der Waals surface area contributed by atoms with Crippen LogP contribution in [-0.4, -0.2) is 58.1 Å². The van der Waals surface area contributed by atoms with Crippen molar-refractivity contribution in [3.63, 3.8) is 0 Å². The van der Waals surface area contributed by atoms with E-state index in [1.165, 1.54) is 48.1 Å². The van der Waals surface area contributed by atoms with Crippen molar-refractivity contribution < 1.29 is 26.7 Å². The van der Waals surface area contributed by atoms with E-state index in [-0.39, 0.29) is 10.6 Å². The number of aromatic nitrogens is 1. The molecule has 4 rings (SSSR count). The number of rotatable bonds is 7. The Morgan fingerprint density at radius 1 is 1.00 bits per heavy atom. The van der Waals surface area contributed by atoms with Gasteiger partial charge in [0.15, 0.2) is 16.8 Å². The van der Waals surface area contributed by atoms with Crippen LogP contribution in [0, 0.1) is 11.6 Å². The summed E-state index contributed by atoms with van der Waals surface area (Å²) in [5, 5.41) is 2.64.